The van der Waals surface area contributed by atoms with Gasteiger partial charge in [0, 0.05) is 25.1 Å². The van der Waals surface area contributed by atoms with Gasteiger partial charge >= 0.3 is 6.18 Å². The molecule has 1 aromatic heterocycles. The minimum absolute atomic E-state index is 0.0481. The molecule has 11 heteroatoms. The Kier molecular flexibility index (Phi) is 6.32. The zero-order chi connectivity index (χ0) is 21.9. The molecule has 1 aliphatic heterocycles. The first-order chi connectivity index (χ1) is 14.1. The average molecular weight is 443 g/mol. The molecule has 162 valence electrons. The molecule has 0 saturated carbocycles. The van der Waals surface area contributed by atoms with Crippen molar-refractivity contribution in [3.63, 3.8) is 0 Å². The first kappa shape index (κ1) is 22.0. The number of nitrogens with one attached hydrogen (secondary N) is 1. The molecule has 1 aromatic carbocycles. The lowest BCUT2D eigenvalue weighted by atomic mass is 9.97. The molecule has 1 saturated heterocycles. The van der Waals surface area contributed by atoms with Crippen molar-refractivity contribution in [1.29, 1.82) is 0 Å². The summed E-state index contributed by atoms with van der Waals surface area (Å²) in [6.45, 7) is -0.0963. The number of carbonyl (C=O) groups is 1. The van der Waals surface area contributed by atoms with Crippen molar-refractivity contribution in [3.05, 3.63) is 48.2 Å². The maximum atomic E-state index is 13.2. The standard InChI is InChI=1S/C19H20F3N3O4S/c1-29-17-7-6-14(12-23-17)24-18(26)13-8-10-25(11-9-13)30(27,28)16-5-3-2-4-15(16)19(20,21)22/h2-7,12-13H,8-11H2,1H3,(H,24,26). The zero-order valence-electron chi connectivity index (χ0n) is 16.0. The van der Waals surface area contributed by atoms with Crippen LogP contribution in [-0.2, 0) is 21.0 Å². The second-order valence-electron chi connectivity index (χ2n) is 6.75. The number of hydrogen-bond donors (Lipinski definition) is 1. The average Bonchev–Trinajstić information content (AvgIpc) is 2.74. The van der Waals surface area contributed by atoms with Crippen LogP contribution < -0.4 is 10.1 Å². The molecule has 30 heavy (non-hydrogen) atoms. The number of piperidine rings is 1. The lowest BCUT2D eigenvalue weighted by molar-refractivity contribution is -0.139. The van der Waals surface area contributed by atoms with Crippen molar-refractivity contribution in [3.8, 4) is 5.88 Å². The number of nitrogens with zero attached hydrogens (tertiary/aromatic N) is 2. The van der Waals surface area contributed by atoms with Gasteiger partial charge in [-0.3, -0.25) is 4.79 Å². The Morgan fingerprint density at radius 1 is 1.17 bits per heavy atom. The summed E-state index contributed by atoms with van der Waals surface area (Å²) in [5, 5.41) is 2.70. The number of anilines is 1. The van der Waals surface area contributed by atoms with Gasteiger partial charge in [0.15, 0.2) is 0 Å². The van der Waals surface area contributed by atoms with E-state index in [1.807, 2.05) is 0 Å². The molecule has 2 heterocycles. The number of pyridine rings is 1. The van der Waals surface area contributed by atoms with Gasteiger partial charge in [-0.05, 0) is 31.0 Å². The largest absolute Gasteiger partial charge is 0.481 e. The molecule has 7 nitrogen and oxygen atoms in total. The molecular weight excluding hydrogens is 423 g/mol. The Labute approximate surface area is 171 Å². The van der Waals surface area contributed by atoms with Crippen molar-refractivity contribution >= 4 is 21.6 Å². The van der Waals surface area contributed by atoms with Crippen LogP contribution in [-0.4, -0.2) is 43.8 Å². The first-order valence-electron chi connectivity index (χ1n) is 9.10. The van der Waals surface area contributed by atoms with E-state index in [0.29, 0.717) is 11.6 Å². The summed E-state index contributed by atoms with van der Waals surface area (Å²) in [7, 11) is -2.87. The third-order valence-corrected chi connectivity index (χ3v) is 6.80. The fourth-order valence-corrected chi connectivity index (χ4v) is 4.92. The Morgan fingerprint density at radius 2 is 1.83 bits per heavy atom. The summed E-state index contributed by atoms with van der Waals surface area (Å²) in [5.41, 5.74) is -0.730. The van der Waals surface area contributed by atoms with E-state index in [0.717, 1.165) is 22.5 Å². The maximum Gasteiger partial charge on any atom is 0.417 e. The van der Waals surface area contributed by atoms with Crippen molar-refractivity contribution in [2.75, 3.05) is 25.5 Å². The van der Waals surface area contributed by atoms with Crippen LogP contribution in [0.4, 0.5) is 18.9 Å². The van der Waals surface area contributed by atoms with Crippen molar-refractivity contribution in [2.45, 2.75) is 23.9 Å². The van der Waals surface area contributed by atoms with Gasteiger partial charge in [-0.15, -0.1) is 0 Å². The van der Waals surface area contributed by atoms with Gasteiger partial charge in [0.05, 0.1) is 29.5 Å². The van der Waals surface area contributed by atoms with Crippen molar-refractivity contribution < 1.29 is 31.1 Å². The van der Waals surface area contributed by atoms with E-state index in [9.17, 15) is 26.4 Å². The van der Waals surface area contributed by atoms with E-state index in [4.69, 9.17) is 4.74 Å². The fraction of sp³-hybridized carbons (Fsp3) is 0.368. The normalized spacial score (nSPS) is 16.3. The molecule has 0 atom stereocenters. The van der Waals surface area contributed by atoms with Crippen LogP contribution >= 0.6 is 0 Å². The highest BCUT2D eigenvalue weighted by Gasteiger charge is 2.40. The Hall–Kier alpha value is -2.66. The van der Waals surface area contributed by atoms with Crippen LogP contribution in [0.3, 0.4) is 0 Å². The number of amides is 1. The molecule has 0 unspecified atom stereocenters. The number of alkyl halides is 3. The number of ether oxygens (including phenoxy) is 1. The summed E-state index contributed by atoms with van der Waals surface area (Å²) in [6, 6.07) is 7.31. The summed E-state index contributed by atoms with van der Waals surface area (Å²) < 4.78 is 71.2. The highest BCUT2D eigenvalue weighted by Crippen LogP contribution is 2.36. The summed E-state index contributed by atoms with van der Waals surface area (Å²) in [4.78, 5) is 15.7. The van der Waals surface area contributed by atoms with Gasteiger partial charge in [0.2, 0.25) is 21.8 Å². The predicted octanol–water partition coefficient (Wildman–Crippen LogP) is 3.15. The van der Waals surface area contributed by atoms with Gasteiger partial charge in [0.25, 0.3) is 0 Å². The predicted molar refractivity (Wildman–Crippen MR) is 102 cm³/mol. The number of hydrogen-bond acceptors (Lipinski definition) is 5. The van der Waals surface area contributed by atoms with Crippen LogP contribution in [0.15, 0.2) is 47.5 Å². The molecular formula is C19H20F3N3O4S. The molecule has 1 fully saturated rings. The Bertz CT molecular complexity index is 1000. The second kappa shape index (κ2) is 8.60. The third kappa shape index (κ3) is 4.73. The molecule has 0 bridgehead atoms. The minimum Gasteiger partial charge on any atom is -0.481 e. The van der Waals surface area contributed by atoms with E-state index >= 15 is 0 Å². The lowest BCUT2D eigenvalue weighted by Gasteiger charge is -2.31. The third-order valence-electron chi connectivity index (χ3n) is 4.85. The van der Waals surface area contributed by atoms with Crippen LogP contribution in [0.1, 0.15) is 18.4 Å². The van der Waals surface area contributed by atoms with E-state index in [1.54, 1.807) is 12.1 Å². The van der Waals surface area contributed by atoms with E-state index in [-0.39, 0.29) is 31.8 Å². The van der Waals surface area contributed by atoms with Crippen LogP contribution in [0.5, 0.6) is 5.88 Å². The quantitative estimate of drug-likeness (QED) is 0.767. The number of carbonyl (C=O) groups excluding carboxylic acids is 1. The molecule has 1 amide bonds. The van der Waals surface area contributed by atoms with Crippen molar-refractivity contribution in [2.24, 2.45) is 5.92 Å². The molecule has 0 spiro atoms. The highest BCUT2D eigenvalue weighted by atomic mass is 32.2. The number of sulfonamides is 1. The molecule has 2 aromatic rings. The molecule has 1 aliphatic rings. The Balaban J connectivity index is 1.67. The van der Waals surface area contributed by atoms with Crippen LogP contribution in [0.2, 0.25) is 0 Å². The second-order valence-corrected chi connectivity index (χ2v) is 8.66. The summed E-state index contributed by atoms with van der Waals surface area (Å²) in [5.74, 6) is -0.364. The number of halogens is 3. The number of aromatic nitrogens is 1. The van der Waals surface area contributed by atoms with Gasteiger partial charge in [-0.2, -0.15) is 17.5 Å². The first-order valence-corrected chi connectivity index (χ1v) is 10.5. The van der Waals surface area contributed by atoms with Gasteiger partial charge in [-0.1, -0.05) is 12.1 Å². The topological polar surface area (TPSA) is 88.6 Å². The molecule has 1 N–H and O–H groups in total. The highest BCUT2D eigenvalue weighted by molar-refractivity contribution is 7.89. The van der Waals surface area contributed by atoms with Crippen LogP contribution in [0, 0.1) is 5.92 Å². The Morgan fingerprint density at radius 3 is 2.40 bits per heavy atom. The number of rotatable bonds is 5. The summed E-state index contributed by atoms with van der Waals surface area (Å²) >= 11 is 0. The molecule has 0 aliphatic carbocycles. The van der Waals surface area contributed by atoms with E-state index < -0.39 is 32.6 Å². The minimum atomic E-state index is -4.78. The molecule has 0 radical (unpaired) electrons. The SMILES string of the molecule is COc1ccc(NC(=O)C2CCN(S(=O)(=O)c3ccccc3C(F)(F)F)CC2)cn1. The number of benzene rings is 1. The number of methoxy groups -OCH3 is 1. The van der Waals surface area contributed by atoms with E-state index in [1.165, 1.54) is 19.4 Å². The maximum absolute atomic E-state index is 13.2. The zero-order valence-corrected chi connectivity index (χ0v) is 16.8. The summed E-state index contributed by atoms with van der Waals surface area (Å²) in [6.07, 6.45) is -2.95. The van der Waals surface area contributed by atoms with Gasteiger partial charge in [0.1, 0.15) is 0 Å². The lowest BCUT2D eigenvalue weighted by Crippen LogP contribution is -2.41. The van der Waals surface area contributed by atoms with Gasteiger partial charge in [-0.25, -0.2) is 13.4 Å². The monoisotopic (exact) mass is 443 g/mol. The fourth-order valence-electron chi connectivity index (χ4n) is 3.24. The van der Waals surface area contributed by atoms with Gasteiger partial charge < -0.3 is 10.1 Å². The smallest absolute Gasteiger partial charge is 0.417 e. The van der Waals surface area contributed by atoms with Crippen molar-refractivity contribution in [1.82, 2.24) is 9.29 Å². The van der Waals surface area contributed by atoms with Crippen LogP contribution in [0.25, 0.3) is 0 Å². The van der Waals surface area contributed by atoms with E-state index in [2.05, 4.69) is 10.3 Å². The molecule has 3 rings (SSSR count).